The van der Waals surface area contributed by atoms with Crippen molar-refractivity contribution >= 4 is 46.8 Å². The molecule has 0 aliphatic rings. The van der Waals surface area contributed by atoms with E-state index in [1.807, 2.05) is 42.7 Å². The zero-order valence-corrected chi connectivity index (χ0v) is 22.8. The van der Waals surface area contributed by atoms with Gasteiger partial charge in [0.2, 0.25) is 5.91 Å². The predicted molar refractivity (Wildman–Crippen MR) is 151 cm³/mol. The van der Waals surface area contributed by atoms with E-state index in [9.17, 15) is 9.59 Å². The minimum Gasteiger partial charge on any atom is -0.322 e. The van der Waals surface area contributed by atoms with Crippen LogP contribution in [0.4, 0.5) is 11.5 Å². The summed E-state index contributed by atoms with van der Waals surface area (Å²) in [6, 6.07) is 15.2. The molecule has 2 amide bonds. The molecular weight excluding hydrogens is 490 g/mol. The second kappa shape index (κ2) is 13.4. The quantitative estimate of drug-likeness (QED) is 0.235. The number of carbonyl (C=O) groups is 2. The third kappa shape index (κ3) is 8.65. The molecule has 0 saturated heterocycles. The van der Waals surface area contributed by atoms with Crippen molar-refractivity contribution in [2.45, 2.75) is 37.0 Å². The second-order valence-corrected chi connectivity index (χ2v) is 11.1. The van der Waals surface area contributed by atoms with Gasteiger partial charge in [-0.15, -0.1) is 11.8 Å². The van der Waals surface area contributed by atoms with Gasteiger partial charge in [0.05, 0.1) is 12.1 Å². The van der Waals surface area contributed by atoms with E-state index in [4.69, 9.17) is 0 Å². The Kier molecular flexibility index (Phi) is 10.3. The number of nitrogens with zero attached hydrogens (tertiary/aromatic N) is 2. The number of carbonyl (C=O) groups excluding carboxylic acids is 2. The minimum absolute atomic E-state index is 0.0517. The van der Waals surface area contributed by atoms with Crippen LogP contribution in [0.15, 0.2) is 66.0 Å². The van der Waals surface area contributed by atoms with Crippen LogP contribution in [0.1, 0.15) is 42.3 Å². The van der Waals surface area contributed by atoms with Gasteiger partial charge in [-0.1, -0.05) is 32.9 Å². The van der Waals surface area contributed by atoms with E-state index in [1.165, 1.54) is 17.3 Å². The molecule has 0 atom stereocenters. The fourth-order valence-electron chi connectivity index (χ4n) is 3.28. The molecule has 0 radical (unpaired) electrons. The third-order valence-electron chi connectivity index (χ3n) is 5.26. The molecule has 3 rings (SSSR count). The number of pyridine rings is 2. The van der Waals surface area contributed by atoms with Gasteiger partial charge in [0.25, 0.3) is 5.91 Å². The molecule has 0 spiro atoms. The standard InChI is InChI=1S/C27H33N5O2S2/c1-27(2,3)20-7-9-21(10-8-20)31-25(34)22-6-5-12-30-26(22)36-18-19-11-13-29-23(16-19)32-24(33)17-28-14-15-35-4/h5-13,16,28H,14-15,17-18H2,1-4H3,(H,31,34)(H,29,32,33). The second-order valence-electron chi connectivity index (χ2n) is 9.19. The minimum atomic E-state index is -0.203. The van der Waals surface area contributed by atoms with Crippen molar-refractivity contribution in [3.8, 4) is 0 Å². The average molecular weight is 524 g/mol. The summed E-state index contributed by atoms with van der Waals surface area (Å²) in [5.74, 6) is 1.70. The van der Waals surface area contributed by atoms with E-state index < -0.39 is 0 Å². The summed E-state index contributed by atoms with van der Waals surface area (Å²) in [4.78, 5) is 33.8. The van der Waals surface area contributed by atoms with E-state index in [0.717, 1.165) is 23.5 Å². The first-order valence-electron chi connectivity index (χ1n) is 11.7. The lowest BCUT2D eigenvalue weighted by atomic mass is 9.87. The smallest absolute Gasteiger partial charge is 0.258 e. The van der Waals surface area contributed by atoms with Gasteiger partial charge in [0.1, 0.15) is 10.8 Å². The van der Waals surface area contributed by atoms with Crippen LogP contribution in [0.3, 0.4) is 0 Å². The van der Waals surface area contributed by atoms with Crippen molar-refractivity contribution in [1.82, 2.24) is 15.3 Å². The van der Waals surface area contributed by atoms with Crippen LogP contribution in [-0.4, -0.2) is 46.9 Å². The molecule has 0 aliphatic carbocycles. The lowest BCUT2D eigenvalue weighted by Crippen LogP contribution is -2.29. The third-order valence-corrected chi connectivity index (χ3v) is 6.95. The molecule has 0 saturated carbocycles. The number of amides is 2. The maximum absolute atomic E-state index is 13.0. The molecule has 0 fully saturated rings. The van der Waals surface area contributed by atoms with Crippen LogP contribution in [0, 0.1) is 0 Å². The number of rotatable bonds is 11. The lowest BCUT2D eigenvalue weighted by Gasteiger charge is -2.19. The summed E-state index contributed by atoms with van der Waals surface area (Å²) >= 11 is 3.19. The molecule has 9 heteroatoms. The molecule has 2 heterocycles. The normalized spacial score (nSPS) is 11.2. The van der Waals surface area contributed by atoms with Crippen molar-refractivity contribution in [3.05, 3.63) is 77.6 Å². The summed E-state index contributed by atoms with van der Waals surface area (Å²) in [5, 5.41) is 9.53. The summed E-state index contributed by atoms with van der Waals surface area (Å²) in [7, 11) is 0. The van der Waals surface area contributed by atoms with E-state index in [1.54, 1.807) is 36.3 Å². The van der Waals surface area contributed by atoms with E-state index in [2.05, 4.69) is 46.7 Å². The zero-order chi connectivity index (χ0) is 26.0. The van der Waals surface area contributed by atoms with E-state index in [0.29, 0.717) is 22.2 Å². The summed E-state index contributed by atoms with van der Waals surface area (Å²) in [6.45, 7) is 7.49. The molecule has 190 valence electrons. The Morgan fingerprint density at radius 1 is 0.972 bits per heavy atom. The van der Waals surface area contributed by atoms with Crippen molar-refractivity contribution < 1.29 is 9.59 Å². The molecule has 3 N–H and O–H groups in total. The van der Waals surface area contributed by atoms with Gasteiger partial charge in [0.15, 0.2) is 0 Å². The number of nitrogens with one attached hydrogen (secondary N) is 3. The van der Waals surface area contributed by atoms with E-state index in [-0.39, 0.29) is 23.8 Å². The SMILES string of the molecule is CSCCNCC(=O)Nc1cc(CSc2ncccc2C(=O)Nc2ccc(C(C)(C)C)cc2)ccn1. The van der Waals surface area contributed by atoms with Gasteiger partial charge in [-0.2, -0.15) is 11.8 Å². The number of anilines is 2. The molecule has 36 heavy (non-hydrogen) atoms. The van der Waals surface area contributed by atoms with Crippen LogP contribution in [0.5, 0.6) is 0 Å². The van der Waals surface area contributed by atoms with Crippen LogP contribution in [0.25, 0.3) is 0 Å². The Balaban J connectivity index is 1.60. The molecule has 7 nitrogen and oxygen atoms in total. The Labute approximate surface area is 221 Å². The number of aromatic nitrogens is 2. The summed E-state index contributed by atoms with van der Waals surface area (Å²) < 4.78 is 0. The first-order chi connectivity index (χ1) is 17.3. The topological polar surface area (TPSA) is 96.0 Å². The average Bonchev–Trinajstić information content (AvgIpc) is 2.85. The summed E-state index contributed by atoms with van der Waals surface area (Å²) in [6.07, 6.45) is 5.38. The highest BCUT2D eigenvalue weighted by Gasteiger charge is 2.16. The van der Waals surface area contributed by atoms with Crippen LogP contribution in [0.2, 0.25) is 0 Å². The monoisotopic (exact) mass is 523 g/mol. The number of thioether (sulfide) groups is 2. The highest BCUT2D eigenvalue weighted by Crippen LogP contribution is 2.27. The molecular formula is C27H33N5O2S2. The highest BCUT2D eigenvalue weighted by molar-refractivity contribution is 7.98. The summed E-state index contributed by atoms with van der Waals surface area (Å²) in [5.41, 5.74) is 3.48. The van der Waals surface area contributed by atoms with E-state index >= 15 is 0 Å². The van der Waals surface area contributed by atoms with Gasteiger partial charge in [0, 0.05) is 36.1 Å². The largest absolute Gasteiger partial charge is 0.322 e. The van der Waals surface area contributed by atoms with Gasteiger partial charge in [-0.05, 0) is 59.2 Å². The number of hydrogen-bond acceptors (Lipinski definition) is 7. The Bertz CT molecular complexity index is 1160. The molecule has 0 aliphatic heterocycles. The van der Waals surface area contributed by atoms with Crippen LogP contribution >= 0.6 is 23.5 Å². The lowest BCUT2D eigenvalue weighted by molar-refractivity contribution is -0.115. The molecule has 2 aromatic heterocycles. The van der Waals surface area contributed by atoms with Gasteiger partial charge in [-0.25, -0.2) is 9.97 Å². The number of benzene rings is 1. The maximum atomic E-state index is 13.0. The van der Waals surface area contributed by atoms with Crippen molar-refractivity contribution in [2.24, 2.45) is 0 Å². The Hall–Kier alpha value is -2.88. The molecule has 3 aromatic rings. The molecule has 1 aromatic carbocycles. The van der Waals surface area contributed by atoms with Gasteiger partial charge >= 0.3 is 0 Å². The van der Waals surface area contributed by atoms with Crippen molar-refractivity contribution in [3.63, 3.8) is 0 Å². The van der Waals surface area contributed by atoms with Gasteiger partial charge < -0.3 is 16.0 Å². The van der Waals surface area contributed by atoms with Gasteiger partial charge in [-0.3, -0.25) is 9.59 Å². The zero-order valence-electron chi connectivity index (χ0n) is 21.1. The molecule has 0 unspecified atom stereocenters. The maximum Gasteiger partial charge on any atom is 0.258 e. The fourth-order valence-corrected chi connectivity index (χ4v) is 4.56. The Morgan fingerprint density at radius 3 is 2.47 bits per heavy atom. The van der Waals surface area contributed by atoms with Crippen molar-refractivity contribution in [2.75, 3.05) is 35.7 Å². The fraction of sp³-hybridized carbons (Fsp3) is 0.333. The predicted octanol–water partition coefficient (Wildman–Crippen LogP) is 5.21. The first-order valence-corrected chi connectivity index (χ1v) is 14.1. The molecule has 0 bridgehead atoms. The number of hydrogen-bond donors (Lipinski definition) is 3. The highest BCUT2D eigenvalue weighted by atomic mass is 32.2. The van der Waals surface area contributed by atoms with Crippen molar-refractivity contribution in [1.29, 1.82) is 0 Å². The first kappa shape index (κ1) is 27.7. The van der Waals surface area contributed by atoms with Crippen LogP contribution in [-0.2, 0) is 16.0 Å². The Morgan fingerprint density at radius 2 is 1.75 bits per heavy atom. The van der Waals surface area contributed by atoms with Crippen LogP contribution < -0.4 is 16.0 Å².